The molecule has 0 unspecified atom stereocenters. The molecule has 0 aromatic heterocycles. The monoisotopic (exact) mass is 418 g/mol. The van der Waals surface area contributed by atoms with Crippen LogP contribution in [0.2, 0.25) is 0 Å². The van der Waals surface area contributed by atoms with Crippen molar-refractivity contribution < 1.29 is 31.7 Å². The Kier molecular flexibility index (Phi) is 7.54. The number of anilines is 1. The molecular weight excluding hydrogens is 395 g/mol. The van der Waals surface area contributed by atoms with Crippen LogP contribution >= 0.6 is 0 Å². The van der Waals surface area contributed by atoms with Crippen molar-refractivity contribution in [2.24, 2.45) is 5.92 Å². The summed E-state index contributed by atoms with van der Waals surface area (Å²) in [7, 11) is 0. The number of amides is 2. The molecule has 1 aliphatic heterocycles. The Morgan fingerprint density at radius 3 is 2.20 bits per heavy atom. The predicted molar refractivity (Wildman–Crippen MR) is 90.9 cm³/mol. The van der Waals surface area contributed by atoms with Crippen molar-refractivity contribution in [2.45, 2.75) is 26.7 Å². The third kappa shape index (κ3) is 7.21. The van der Waals surface area contributed by atoms with Gasteiger partial charge in [-0.3, -0.25) is 0 Å². The van der Waals surface area contributed by atoms with Crippen molar-refractivity contribution in [2.75, 3.05) is 18.4 Å². The average molecular weight is 418 g/mol. The van der Waals surface area contributed by atoms with Crippen LogP contribution < -0.4 is 9.67 Å². The van der Waals surface area contributed by atoms with Crippen LogP contribution in [0.15, 0.2) is 18.2 Å². The van der Waals surface area contributed by atoms with Crippen molar-refractivity contribution in [3.8, 4) is 5.75 Å². The van der Waals surface area contributed by atoms with E-state index in [1.54, 1.807) is 0 Å². The Bertz CT molecular complexity index is 666. The zero-order valence-electron chi connectivity index (χ0n) is 14.0. The summed E-state index contributed by atoms with van der Waals surface area (Å²) in [5.41, 5.74) is 0.285. The molecule has 2 rings (SSSR count). The standard InChI is InChI=1S/C8H10AsNO5.C7H13NO2/c1-5(11)10-6-2-3-7(8(12)4-6)9(13,14)15;1-6-2-4-8(5-3-6)7(9)10/h2-4,12H,1H3,(H,10,11)(H2,13,14,15);6H,2-5H2,1H3,(H,9,10). The van der Waals surface area contributed by atoms with Crippen LogP contribution in [-0.2, 0) is 8.53 Å². The van der Waals surface area contributed by atoms with Gasteiger partial charge in [0.2, 0.25) is 0 Å². The van der Waals surface area contributed by atoms with Gasteiger partial charge >= 0.3 is 94.2 Å². The molecule has 1 fully saturated rings. The zero-order chi connectivity index (χ0) is 19.2. The number of nitrogens with one attached hydrogen (secondary N) is 1. The summed E-state index contributed by atoms with van der Waals surface area (Å²) in [5, 5.41) is 20.2. The molecule has 0 bridgehead atoms. The van der Waals surface area contributed by atoms with Gasteiger partial charge in [-0.1, -0.05) is 6.92 Å². The molecule has 10 heteroatoms. The summed E-state index contributed by atoms with van der Waals surface area (Å²) < 4.78 is 28.2. The zero-order valence-corrected chi connectivity index (χ0v) is 15.9. The molecule has 0 atom stereocenters. The summed E-state index contributed by atoms with van der Waals surface area (Å²) in [6, 6.07) is 3.51. The first-order chi connectivity index (χ1) is 11.5. The van der Waals surface area contributed by atoms with Gasteiger partial charge in [0.25, 0.3) is 0 Å². The number of benzene rings is 1. The summed E-state index contributed by atoms with van der Waals surface area (Å²) in [4.78, 5) is 22.5. The molecule has 1 aromatic rings. The largest absolute Gasteiger partial charge is 0.465 e. The molecule has 1 aliphatic rings. The van der Waals surface area contributed by atoms with Gasteiger partial charge in [0, 0.05) is 13.1 Å². The molecule has 9 nitrogen and oxygen atoms in total. The number of piperidine rings is 1. The number of carbonyl (C=O) groups is 2. The van der Waals surface area contributed by atoms with Gasteiger partial charge in [0.15, 0.2) is 0 Å². The number of hydrogen-bond donors (Lipinski definition) is 5. The van der Waals surface area contributed by atoms with Crippen LogP contribution in [-0.4, -0.2) is 62.6 Å². The van der Waals surface area contributed by atoms with E-state index in [-0.39, 0.29) is 11.6 Å². The maximum absolute atomic E-state index is 10.9. The Labute approximate surface area is 148 Å². The average Bonchev–Trinajstić information content (AvgIpc) is 2.46. The summed E-state index contributed by atoms with van der Waals surface area (Å²) in [5.74, 6) is -0.145. The molecule has 1 saturated heterocycles. The molecule has 0 spiro atoms. The molecule has 0 aliphatic carbocycles. The van der Waals surface area contributed by atoms with Gasteiger partial charge in [-0.05, 0) is 18.8 Å². The number of likely N-dealkylation sites (tertiary alicyclic amines) is 1. The Morgan fingerprint density at radius 1 is 1.24 bits per heavy atom. The Morgan fingerprint density at radius 2 is 1.80 bits per heavy atom. The maximum Gasteiger partial charge on any atom is 0.407 e. The smallest absolute Gasteiger partial charge is 0.407 e. The van der Waals surface area contributed by atoms with Crippen LogP contribution in [0, 0.1) is 5.92 Å². The molecular formula is C15H23AsN2O7. The SMILES string of the molecule is CC(=O)Nc1ccc([As](=O)(O)O)c(O)c1.CC1CCN(C(=O)O)CC1. The fourth-order valence-corrected chi connectivity index (χ4v) is 3.58. The molecule has 140 valence electrons. The van der Waals surface area contributed by atoms with Crippen LogP contribution in [0.25, 0.3) is 0 Å². The second-order valence-electron chi connectivity index (χ2n) is 5.88. The first-order valence-corrected chi connectivity index (χ1v) is 11.0. The molecule has 5 N–H and O–H groups in total. The third-order valence-corrected chi connectivity index (χ3v) is 5.77. The predicted octanol–water partition coefficient (Wildman–Crippen LogP) is 0.308. The van der Waals surface area contributed by atoms with Gasteiger partial charge in [-0.25, -0.2) is 4.79 Å². The molecule has 0 saturated carbocycles. The number of carbonyl (C=O) groups excluding carboxylic acids is 1. The van der Waals surface area contributed by atoms with E-state index in [1.807, 2.05) is 0 Å². The van der Waals surface area contributed by atoms with Crippen molar-refractivity contribution in [3.63, 3.8) is 0 Å². The first-order valence-electron chi connectivity index (χ1n) is 7.65. The fourth-order valence-electron chi connectivity index (χ4n) is 2.25. The van der Waals surface area contributed by atoms with E-state index >= 15 is 0 Å². The number of nitrogens with zero attached hydrogens (tertiary/aromatic N) is 1. The molecule has 1 heterocycles. The fraction of sp³-hybridized carbons (Fsp3) is 0.467. The minimum Gasteiger partial charge on any atom is -0.465 e. The van der Waals surface area contributed by atoms with Gasteiger partial charge in [0.1, 0.15) is 0 Å². The van der Waals surface area contributed by atoms with Gasteiger partial charge < -0.3 is 10.0 Å². The Hall–Kier alpha value is -1.96. The summed E-state index contributed by atoms with van der Waals surface area (Å²) in [6.45, 7) is 4.89. The Balaban J connectivity index is 0.000000271. The number of phenolic OH excluding ortho intramolecular Hbond substituents is 1. The second kappa shape index (κ2) is 8.94. The third-order valence-electron chi connectivity index (χ3n) is 3.66. The van der Waals surface area contributed by atoms with Gasteiger partial charge in [-0.15, -0.1) is 0 Å². The van der Waals surface area contributed by atoms with E-state index in [9.17, 15) is 18.4 Å². The van der Waals surface area contributed by atoms with Crippen molar-refractivity contribution in [3.05, 3.63) is 18.2 Å². The van der Waals surface area contributed by atoms with E-state index in [2.05, 4.69) is 12.2 Å². The van der Waals surface area contributed by atoms with Crippen LogP contribution in [0.3, 0.4) is 0 Å². The van der Waals surface area contributed by atoms with Crippen LogP contribution in [0.5, 0.6) is 5.75 Å². The van der Waals surface area contributed by atoms with E-state index < -0.39 is 30.4 Å². The minimum atomic E-state index is -5.09. The van der Waals surface area contributed by atoms with Crippen molar-refractivity contribution >= 4 is 36.2 Å². The van der Waals surface area contributed by atoms with Crippen molar-refractivity contribution in [1.29, 1.82) is 0 Å². The summed E-state index contributed by atoms with van der Waals surface area (Å²) in [6.07, 6.45) is 1.27. The van der Waals surface area contributed by atoms with E-state index in [4.69, 9.17) is 13.3 Å². The molecule has 2 amide bonds. The topological polar surface area (TPSA) is 147 Å². The van der Waals surface area contributed by atoms with Crippen LogP contribution in [0.4, 0.5) is 10.5 Å². The molecule has 1 aromatic carbocycles. The number of carboxylic acid groups (broad SMARTS) is 1. The van der Waals surface area contributed by atoms with Crippen LogP contribution in [0.1, 0.15) is 26.7 Å². The number of aromatic hydroxyl groups is 1. The molecule has 0 radical (unpaired) electrons. The minimum absolute atomic E-state index is 0.285. The normalized spacial score (nSPS) is 15.1. The number of rotatable bonds is 2. The van der Waals surface area contributed by atoms with E-state index in [1.165, 1.54) is 17.9 Å². The van der Waals surface area contributed by atoms with E-state index in [0.29, 0.717) is 5.92 Å². The van der Waals surface area contributed by atoms with Gasteiger partial charge in [-0.2, -0.15) is 0 Å². The number of phenols is 1. The quantitative estimate of drug-likeness (QED) is 0.434. The molecule has 25 heavy (non-hydrogen) atoms. The summed E-state index contributed by atoms with van der Waals surface area (Å²) >= 11 is -5.09. The maximum atomic E-state index is 10.9. The first kappa shape index (κ1) is 21.1. The van der Waals surface area contributed by atoms with Crippen molar-refractivity contribution in [1.82, 2.24) is 4.90 Å². The van der Waals surface area contributed by atoms with E-state index in [0.717, 1.165) is 38.1 Å². The van der Waals surface area contributed by atoms with Gasteiger partial charge in [0.05, 0.1) is 0 Å². The second-order valence-corrected chi connectivity index (χ2v) is 9.17. The number of hydrogen-bond acceptors (Lipinski definition) is 4.